The van der Waals surface area contributed by atoms with Crippen molar-refractivity contribution in [3.05, 3.63) is 109 Å². The van der Waals surface area contributed by atoms with Gasteiger partial charge in [0.05, 0.1) is 16.8 Å². The molecule has 1 fully saturated rings. The predicted octanol–water partition coefficient (Wildman–Crippen LogP) is 8.97. The molecule has 4 heterocycles. The van der Waals surface area contributed by atoms with Crippen LogP contribution < -0.4 is 5.46 Å². The smallest absolute Gasteiger partial charge is 0.456 e. The molecule has 7 nitrogen and oxygen atoms in total. The van der Waals surface area contributed by atoms with Crippen LogP contribution in [-0.4, -0.2) is 33.3 Å². The lowest BCUT2D eigenvalue weighted by Gasteiger charge is -2.32. The van der Waals surface area contributed by atoms with Crippen molar-refractivity contribution in [2.45, 2.75) is 38.9 Å². The molecule has 0 amide bonds. The third-order valence-corrected chi connectivity index (χ3v) is 9.61. The summed E-state index contributed by atoms with van der Waals surface area (Å²) >= 11 is 0. The van der Waals surface area contributed by atoms with Crippen LogP contribution in [0.5, 0.6) is 0 Å². The van der Waals surface area contributed by atoms with Gasteiger partial charge in [-0.2, -0.15) is 0 Å². The molecule has 8 heteroatoms. The monoisotopic (exact) mass is 615 g/mol. The third kappa shape index (κ3) is 4.40. The quantitative estimate of drug-likeness (QED) is 0.183. The Kier molecular flexibility index (Phi) is 6.01. The van der Waals surface area contributed by atoms with Gasteiger partial charge in [-0.1, -0.05) is 84.9 Å². The highest BCUT2D eigenvalue weighted by Crippen LogP contribution is 2.40. The summed E-state index contributed by atoms with van der Waals surface area (Å²) in [6.45, 7) is 8.22. The molecule has 8 aromatic rings. The van der Waals surface area contributed by atoms with Crippen LogP contribution in [0.25, 0.3) is 78.0 Å². The van der Waals surface area contributed by atoms with E-state index in [0.717, 1.165) is 60.4 Å². The molecule has 0 unspecified atom stereocenters. The average Bonchev–Trinajstić information content (AvgIpc) is 3.72. The van der Waals surface area contributed by atoms with E-state index in [-0.39, 0.29) is 0 Å². The summed E-state index contributed by atoms with van der Waals surface area (Å²) in [7, 11) is -0.561. The first-order valence-electron chi connectivity index (χ1n) is 15.8. The van der Waals surface area contributed by atoms with Crippen LogP contribution >= 0.6 is 0 Å². The molecule has 228 valence electrons. The summed E-state index contributed by atoms with van der Waals surface area (Å²) in [5.74, 6) is 1.63. The van der Waals surface area contributed by atoms with Gasteiger partial charge in [0.15, 0.2) is 17.5 Å². The Hall–Kier alpha value is -5.31. The Balaban J connectivity index is 1.23. The molecule has 0 spiro atoms. The van der Waals surface area contributed by atoms with Crippen molar-refractivity contribution in [3.8, 4) is 34.2 Å². The van der Waals surface area contributed by atoms with Gasteiger partial charge in [0.2, 0.25) is 0 Å². The zero-order chi connectivity index (χ0) is 31.9. The molecule has 0 atom stereocenters. The maximum atomic E-state index is 6.72. The number of hydrogen-bond donors (Lipinski definition) is 0. The number of nitrogens with zero attached hydrogens (tertiary/aromatic N) is 3. The number of rotatable bonds is 4. The van der Waals surface area contributed by atoms with Crippen LogP contribution in [0, 0.1) is 0 Å². The fraction of sp³-hybridized carbons (Fsp3) is 0.154. The number of benzene rings is 5. The van der Waals surface area contributed by atoms with Crippen molar-refractivity contribution < 1.29 is 18.1 Å². The van der Waals surface area contributed by atoms with Crippen molar-refractivity contribution in [2.75, 3.05) is 0 Å². The van der Waals surface area contributed by atoms with Crippen LogP contribution in [0.1, 0.15) is 27.7 Å². The number of fused-ring (bicyclic) bond motifs is 6. The largest absolute Gasteiger partial charge is 0.498 e. The topological polar surface area (TPSA) is 83.4 Å². The van der Waals surface area contributed by atoms with Crippen LogP contribution in [-0.2, 0) is 9.31 Å². The molecule has 0 saturated carbocycles. The Morgan fingerprint density at radius 3 is 1.89 bits per heavy atom. The zero-order valence-corrected chi connectivity index (χ0v) is 26.4. The molecule has 3 aromatic heterocycles. The van der Waals surface area contributed by atoms with Crippen molar-refractivity contribution in [1.82, 2.24) is 15.0 Å². The molecule has 1 saturated heterocycles. The maximum absolute atomic E-state index is 6.72. The van der Waals surface area contributed by atoms with Gasteiger partial charge in [-0.25, -0.2) is 15.0 Å². The fourth-order valence-electron chi connectivity index (χ4n) is 6.38. The van der Waals surface area contributed by atoms with Crippen LogP contribution in [0.3, 0.4) is 0 Å². The second kappa shape index (κ2) is 10.1. The standard InChI is InChI=1S/C39H30BN3O4/c1-38(2)39(3,4)47-40(46-38)30-18-11-16-28-27-15-10-17-29(33(27)45-34(28)30)37-42-35(23-12-6-5-7-13-23)41-36(43-37)24-20-21-26-25-14-8-9-19-31(25)44-32(26)22-24/h5-22H,1-4H3. The van der Waals surface area contributed by atoms with Crippen molar-refractivity contribution in [1.29, 1.82) is 0 Å². The number of aromatic nitrogens is 3. The lowest BCUT2D eigenvalue weighted by Crippen LogP contribution is -2.41. The van der Waals surface area contributed by atoms with E-state index in [2.05, 4.69) is 52.0 Å². The molecule has 9 rings (SSSR count). The van der Waals surface area contributed by atoms with Gasteiger partial charge >= 0.3 is 7.12 Å². The highest BCUT2D eigenvalue weighted by atomic mass is 16.7. The second-order valence-corrected chi connectivity index (χ2v) is 13.1. The molecule has 0 N–H and O–H groups in total. The summed E-state index contributed by atoms with van der Waals surface area (Å²) < 4.78 is 25.8. The number of furan rings is 2. The fourth-order valence-corrected chi connectivity index (χ4v) is 6.38. The van der Waals surface area contributed by atoms with E-state index < -0.39 is 18.3 Å². The van der Waals surface area contributed by atoms with E-state index in [0.29, 0.717) is 23.1 Å². The Morgan fingerprint density at radius 1 is 0.489 bits per heavy atom. The highest BCUT2D eigenvalue weighted by Gasteiger charge is 2.52. The first-order valence-corrected chi connectivity index (χ1v) is 15.8. The van der Waals surface area contributed by atoms with E-state index in [4.69, 9.17) is 33.1 Å². The van der Waals surface area contributed by atoms with Crippen molar-refractivity contribution in [2.24, 2.45) is 0 Å². The number of para-hydroxylation sites is 3. The second-order valence-electron chi connectivity index (χ2n) is 13.1. The van der Waals surface area contributed by atoms with Crippen molar-refractivity contribution >= 4 is 56.5 Å². The minimum absolute atomic E-state index is 0.475. The van der Waals surface area contributed by atoms with Crippen molar-refractivity contribution in [3.63, 3.8) is 0 Å². The summed E-state index contributed by atoms with van der Waals surface area (Å²) in [6, 6.07) is 36.3. The van der Waals surface area contributed by atoms with E-state index in [1.54, 1.807) is 0 Å². The van der Waals surface area contributed by atoms with Gasteiger partial charge in [0, 0.05) is 38.1 Å². The molecule has 1 aliphatic heterocycles. The molecular formula is C39H30BN3O4. The third-order valence-electron chi connectivity index (χ3n) is 9.61. The lowest BCUT2D eigenvalue weighted by atomic mass is 9.78. The minimum Gasteiger partial charge on any atom is -0.456 e. The first-order chi connectivity index (χ1) is 22.8. The molecule has 0 bridgehead atoms. The SMILES string of the molecule is CC1(C)OB(c2cccc3c2oc2c(-c4nc(-c5ccccc5)nc(-c5ccc6c(c5)oc5ccccc56)n4)cccc23)OC1(C)C. The summed E-state index contributed by atoms with van der Waals surface area (Å²) in [5.41, 5.74) is 5.43. The Morgan fingerprint density at radius 2 is 1.11 bits per heavy atom. The molecule has 0 aliphatic carbocycles. The van der Waals surface area contributed by atoms with E-state index in [1.165, 1.54) is 0 Å². The summed E-state index contributed by atoms with van der Waals surface area (Å²) in [6.07, 6.45) is 0. The van der Waals surface area contributed by atoms with E-state index in [9.17, 15) is 0 Å². The van der Waals surface area contributed by atoms with E-state index in [1.807, 2.05) is 84.9 Å². The predicted molar refractivity (Wildman–Crippen MR) is 186 cm³/mol. The van der Waals surface area contributed by atoms with Crippen LogP contribution in [0.4, 0.5) is 0 Å². The van der Waals surface area contributed by atoms with Gasteiger partial charge < -0.3 is 18.1 Å². The Labute approximate surface area is 271 Å². The molecular weight excluding hydrogens is 585 g/mol. The van der Waals surface area contributed by atoms with Crippen LogP contribution in [0.15, 0.2) is 118 Å². The molecule has 1 aliphatic rings. The minimum atomic E-state index is -0.561. The van der Waals surface area contributed by atoms with Gasteiger partial charge in [-0.15, -0.1) is 0 Å². The normalized spacial score (nSPS) is 15.8. The average molecular weight is 615 g/mol. The zero-order valence-electron chi connectivity index (χ0n) is 26.4. The molecule has 47 heavy (non-hydrogen) atoms. The van der Waals surface area contributed by atoms with Crippen LogP contribution in [0.2, 0.25) is 0 Å². The maximum Gasteiger partial charge on any atom is 0.498 e. The molecule has 0 radical (unpaired) electrons. The van der Waals surface area contributed by atoms with Gasteiger partial charge in [-0.05, 0) is 52.0 Å². The van der Waals surface area contributed by atoms with Gasteiger partial charge in [0.1, 0.15) is 22.3 Å². The lowest BCUT2D eigenvalue weighted by molar-refractivity contribution is 0.00578. The summed E-state index contributed by atoms with van der Waals surface area (Å²) in [5, 5.41) is 4.06. The highest BCUT2D eigenvalue weighted by molar-refractivity contribution is 6.65. The number of hydrogen-bond acceptors (Lipinski definition) is 7. The molecule has 5 aromatic carbocycles. The first kappa shape index (κ1) is 28.0. The summed E-state index contributed by atoms with van der Waals surface area (Å²) in [4.78, 5) is 15.0. The van der Waals surface area contributed by atoms with Gasteiger partial charge in [0.25, 0.3) is 0 Å². The van der Waals surface area contributed by atoms with Gasteiger partial charge in [-0.3, -0.25) is 0 Å². The van der Waals surface area contributed by atoms with E-state index >= 15 is 0 Å². The Bertz CT molecular complexity index is 2480.